The molecule has 1 atom stereocenters. The minimum absolute atomic E-state index is 0.118. The number of carbonyl (C=O) groups is 1. The van der Waals surface area contributed by atoms with Gasteiger partial charge in [0, 0.05) is 25.4 Å². The highest BCUT2D eigenvalue weighted by Crippen LogP contribution is 2.11. The van der Waals surface area contributed by atoms with Crippen LogP contribution in [-0.2, 0) is 0 Å². The van der Waals surface area contributed by atoms with E-state index in [4.69, 9.17) is 0 Å². The number of carbonyl (C=O) groups excluding carboxylic acids is 1. The number of fused-ring (bicyclic) bond motifs is 1. The Morgan fingerprint density at radius 1 is 1.64 bits per heavy atom. The molecule has 0 fully saturated rings. The van der Waals surface area contributed by atoms with Gasteiger partial charge in [-0.05, 0) is 0 Å². The van der Waals surface area contributed by atoms with Gasteiger partial charge in [-0.3, -0.25) is 4.99 Å². The second-order valence-corrected chi connectivity index (χ2v) is 2.65. The summed E-state index contributed by atoms with van der Waals surface area (Å²) in [5.74, 6) is 0. The van der Waals surface area contributed by atoms with E-state index in [-0.39, 0.29) is 12.1 Å². The highest BCUT2D eigenvalue weighted by atomic mass is 16.2. The highest BCUT2D eigenvalue weighted by molar-refractivity contribution is 5.91. The molecule has 0 radical (unpaired) electrons. The quantitative estimate of drug-likeness (QED) is 0.492. The van der Waals surface area contributed by atoms with Gasteiger partial charge in [0.1, 0.15) is 0 Å². The van der Waals surface area contributed by atoms with Crippen LogP contribution in [0, 0.1) is 0 Å². The van der Waals surface area contributed by atoms with E-state index in [0.717, 1.165) is 19.5 Å². The molecule has 2 aliphatic heterocycles. The first kappa shape index (κ1) is 6.52. The van der Waals surface area contributed by atoms with E-state index in [0.29, 0.717) is 0 Å². The van der Waals surface area contributed by atoms with Crippen molar-refractivity contribution in [2.24, 2.45) is 9.98 Å². The van der Waals surface area contributed by atoms with Crippen molar-refractivity contribution in [3.63, 3.8) is 0 Å². The van der Waals surface area contributed by atoms with E-state index in [1.54, 1.807) is 11.1 Å². The van der Waals surface area contributed by atoms with Crippen LogP contribution in [0.15, 0.2) is 9.98 Å². The molecule has 2 heterocycles. The zero-order valence-electron chi connectivity index (χ0n) is 6.10. The van der Waals surface area contributed by atoms with Gasteiger partial charge in [0.25, 0.3) is 0 Å². The predicted octanol–water partition coefficient (Wildman–Crippen LogP) is 0.336. The van der Waals surface area contributed by atoms with Crippen LogP contribution in [0.5, 0.6) is 0 Å². The van der Waals surface area contributed by atoms with Gasteiger partial charge >= 0.3 is 6.03 Å². The minimum atomic E-state index is -0.118. The van der Waals surface area contributed by atoms with Crippen LogP contribution >= 0.6 is 0 Å². The summed E-state index contributed by atoms with van der Waals surface area (Å²) in [5, 5.41) is 0. The Morgan fingerprint density at radius 3 is 3.36 bits per heavy atom. The Morgan fingerprint density at radius 2 is 2.55 bits per heavy atom. The molecule has 0 N–H and O–H groups in total. The zero-order valence-corrected chi connectivity index (χ0v) is 6.10. The average Bonchev–Trinajstić information content (AvgIpc) is 2.06. The second-order valence-electron chi connectivity index (χ2n) is 2.65. The Hall–Kier alpha value is -1.19. The van der Waals surface area contributed by atoms with Crippen molar-refractivity contribution in [1.29, 1.82) is 0 Å². The first-order chi connectivity index (χ1) is 5.38. The lowest BCUT2D eigenvalue weighted by Gasteiger charge is -2.31. The van der Waals surface area contributed by atoms with E-state index in [2.05, 4.69) is 9.98 Å². The SMILES string of the molecule is O=C1N=CCC2C=NCCN12. The largest absolute Gasteiger partial charge is 0.343 e. The lowest BCUT2D eigenvalue weighted by molar-refractivity contribution is 0.198. The molecule has 1 unspecified atom stereocenters. The molecule has 4 heteroatoms. The number of rotatable bonds is 0. The first-order valence-electron chi connectivity index (χ1n) is 3.71. The van der Waals surface area contributed by atoms with Crippen molar-refractivity contribution in [2.75, 3.05) is 13.1 Å². The number of aliphatic imine (C=N–C) groups is 2. The molecular formula is C7H9N3O. The molecule has 0 bridgehead atoms. The van der Waals surface area contributed by atoms with Crippen LogP contribution in [0.4, 0.5) is 4.79 Å². The minimum Gasteiger partial charge on any atom is -0.313 e. The normalized spacial score (nSPS) is 28.9. The summed E-state index contributed by atoms with van der Waals surface area (Å²) in [5.41, 5.74) is 0. The third-order valence-electron chi connectivity index (χ3n) is 1.94. The molecule has 11 heavy (non-hydrogen) atoms. The van der Waals surface area contributed by atoms with E-state index in [1.807, 2.05) is 6.21 Å². The molecule has 2 aliphatic rings. The first-order valence-corrected chi connectivity index (χ1v) is 3.71. The molecule has 0 saturated heterocycles. The van der Waals surface area contributed by atoms with E-state index < -0.39 is 0 Å². The van der Waals surface area contributed by atoms with Gasteiger partial charge in [-0.25, -0.2) is 9.79 Å². The Balaban J connectivity index is 2.24. The summed E-state index contributed by atoms with van der Waals surface area (Å²) in [6.45, 7) is 1.44. The van der Waals surface area contributed by atoms with Crippen molar-refractivity contribution < 1.29 is 4.79 Å². The van der Waals surface area contributed by atoms with Crippen molar-refractivity contribution in [3.8, 4) is 0 Å². The van der Waals surface area contributed by atoms with Gasteiger partial charge in [0.05, 0.1) is 12.6 Å². The number of amides is 2. The lowest BCUT2D eigenvalue weighted by Crippen LogP contribution is -2.46. The number of hydrogen-bond donors (Lipinski definition) is 0. The molecule has 0 aromatic carbocycles. The third-order valence-corrected chi connectivity index (χ3v) is 1.94. The van der Waals surface area contributed by atoms with Crippen LogP contribution < -0.4 is 0 Å². The zero-order chi connectivity index (χ0) is 7.68. The number of urea groups is 1. The van der Waals surface area contributed by atoms with Gasteiger partial charge in [-0.2, -0.15) is 0 Å². The van der Waals surface area contributed by atoms with Crippen LogP contribution in [0.1, 0.15) is 6.42 Å². The van der Waals surface area contributed by atoms with Gasteiger partial charge in [-0.1, -0.05) is 0 Å². The van der Waals surface area contributed by atoms with E-state index in [9.17, 15) is 4.79 Å². The Labute approximate surface area is 64.6 Å². The molecular weight excluding hydrogens is 142 g/mol. The summed E-state index contributed by atoms with van der Waals surface area (Å²) in [4.78, 5) is 20.7. The number of hydrogen-bond acceptors (Lipinski definition) is 2. The fourth-order valence-electron chi connectivity index (χ4n) is 1.35. The molecule has 0 aromatic rings. The fraction of sp³-hybridized carbons (Fsp3) is 0.571. The maximum atomic E-state index is 11.1. The molecule has 0 aliphatic carbocycles. The fourth-order valence-corrected chi connectivity index (χ4v) is 1.35. The van der Waals surface area contributed by atoms with E-state index in [1.165, 1.54) is 0 Å². The van der Waals surface area contributed by atoms with Crippen LogP contribution in [0.3, 0.4) is 0 Å². The highest BCUT2D eigenvalue weighted by Gasteiger charge is 2.25. The number of nitrogens with zero attached hydrogens (tertiary/aromatic N) is 3. The van der Waals surface area contributed by atoms with Crippen molar-refractivity contribution in [1.82, 2.24) is 4.90 Å². The third kappa shape index (κ3) is 1.04. The summed E-state index contributed by atoms with van der Waals surface area (Å²) in [6, 6.07) is 0.0566. The maximum absolute atomic E-state index is 11.1. The topological polar surface area (TPSA) is 45.0 Å². The smallest absolute Gasteiger partial charge is 0.313 e. The summed E-state index contributed by atoms with van der Waals surface area (Å²) in [6.07, 6.45) is 4.32. The Kier molecular flexibility index (Phi) is 1.45. The monoisotopic (exact) mass is 151 g/mol. The van der Waals surface area contributed by atoms with Crippen LogP contribution in [-0.4, -0.2) is 42.5 Å². The molecule has 0 aromatic heterocycles. The molecule has 58 valence electrons. The lowest BCUT2D eigenvalue weighted by atomic mass is 10.1. The summed E-state index contributed by atoms with van der Waals surface area (Å²) in [7, 11) is 0. The molecule has 0 spiro atoms. The van der Waals surface area contributed by atoms with Crippen molar-refractivity contribution >= 4 is 18.5 Å². The van der Waals surface area contributed by atoms with Crippen LogP contribution in [0.2, 0.25) is 0 Å². The van der Waals surface area contributed by atoms with Crippen molar-refractivity contribution in [3.05, 3.63) is 0 Å². The van der Waals surface area contributed by atoms with Gasteiger partial charge in [0.15, 0.2) is 0 Å². The maximum Gasteiger partial charge on any atom is 0.343 e. The van der Waals surface area contributed by atoms with Crippen molar-refractivity contribution in [2.45, 2.75) is 12.5 Å². The average molecular weight is 151 g/mol. The molecule has 2 rings (SSSR count). The Bertz CT molecular complexity index is 234. The standard InChI is InChI=1S/C7H9N3O/c11-7-9-2-1-6-5-8-3-4-10(6)7/h2,5-6H,1,3-4H2. The second kappa shape index (κ2) is 2.45. The molecule has 2 amide bonds. The van der Waals surface area contributed by atoms with Crippen LogP contribution in [0.25, 0.3) is 0 Å². The van der Waals surface area contributed by atoms with Gasteiger partial charge in [0.2, 0.25) is 0 Å². The summed E-state index contributed by atoms with van der Waals surface area (Å²) >= 11 is 0. The van der Waals surface area contributed by atoms with E-state index >= 15 is 0 Å². The molecule has 4 nitrogen and oxygen atoms in total. The summed E-state index contributed by atoms with van der Waals surface area (Å²) < 4.78 is 0. The molecule has 0 saturated carbocycles. The van der Waals surface area contributed by atoms with Gasteiger partial charge < -0.3 is 4.90 Å². The predicted molar refractivity (Wildman–Crippen MR) is 42.4 cm³/mol. The van der Waals surface area contributed by atoms with Gasteiger partial charge in [-0.15, -0.1) is 0 Å².